The number of aromatic nitrogens is 3. The Labute approximate surface area is 155 Å². The summed E-state index contributed by atoms with van der Waals surface area (Å²) < 4.78 is 27.2. The van der Waals surface area contributed by atoms with Gasteiger partial charge in [0.25, 0.3) is 12.0 Å². The van der Waals surface area contributed by atoms with Crippen molar-refractivity contribution < 1.29 is 8.78 Å². The summed E-state index contributed by atoms with van der Waals surface area (Å²) in [4.78, 5) is 15.0. The van der Waals surface area contributed by atoms with Crippen LogP contribution in [0.25, 0.3) is 21.8 Å². The van der Waals surface area contributed by atoms with E-state index < -0.39 is 18.5 Å². The monoisotopic (exact) mass is 370 g/mol. The van der Waals surface area contributed by atoms with Crippen LogP contribution in [0.4, 0.5) is 8.78 Å². The second-order valence-electron chi connectivity index (χ2n) is 6.90. The first-order valence-electron chi connectivity index (χ1n) is 9.05. The van der Waals surface area contributed by atoms with Gasteiger partial charge in [0.2, 0.25) is 0 Å². The number of likely N-dealkylation sites (tertiary alicyclic amines) is 1. The SMILES string of the molecule is Cc1[nH]nc2c1c(=O)n(CC(F)F)c1ccc(C#CCN3CCCC3)cc21. The van der Waals surface area contributed by atoms with E-state index in [1.165, 1.54) is 12.8 Å². The van der Waals surface area contributed by atoms with Crippen molar-refractivity contribution in [1.82, 2.24) is 19.7 Å². The molecule has 4 rings (SSSR count). The van der Waals surface area contributed by atoms with Gasteiger partial charge in [-0.05, 0) is 51.1 Å². The number of pyridine rings is 1. The molecule has 0 radical (unpaired) electrons. The fourth-order valence-electron chi connectivity index (χ4n) is 3.68. The Morgan fingerprint density at radius 3 is 2.81 bits per heavy atom. The molecule has 5 nitrogen and oxygen atoms in total. The average molecular weight is 370 g/mol. The summed E-state index contributed by atoms with van der Waals surface area (Å²) in [7, 11) is 0. The maximum atomic E-state index is 13.0. The second-order valence-corrected chi connectivity index (χ2v) is 6.90. The van der Waals surface area contributed by atoms with E-state index in [9.17, 15) is 13.6 Å². The summed E-state index contributed by atoms with van der Waals surface area (Å²) in [6.45, 7) is 3.96. The quantitative estimate of drug-likeness (QED) is 0.722. The number of fused-ring (bicyclic) bond motifs is 3. The van der Waals surface area contributed by atoms with Crippen LogP contribution < -0.4 is 5.56 Å². The highest BCUT2D eigenvalue weighted by Gasteiger charge is 2.17. The van der Waals surface area contributed by atoms with Gasteiger partial charge in [0.15, 0.2) is 0 Å². The highest BCUT2D eigenvalue weighted by atomic mass is 19.3. The molecular formula is C20H20F2N4O. The van der Waals surface area contributed by atoms with Crippen molar-refractivity contribution in [2.24, 2.45) is 0 Å². The third kappa shape index (κ3) is 3.33. The Kier molecular flexibility index (Phi) is 4.66. The average Bonchev–Trinajstić information content (AvgIpc) is 3.28. The van der Waals surface area contributed by atoms with Crippen LogP contribution in [-0.2, 0) is 6.54 Å². The third-order valence-corrected chi connectivity index (χ3v) is 5.00. The zero-order valence-electron chi connectivity index (χ0n) is 15.1. The van der Waals surface area contributed by atoms with Gasteiger partial charge in [0.1, 0.15) is 5.52 Å². The first-order valence-corrected chi connectivity index (χ1v) is 9.05. The molecule has 3 heterocycles. The summed E-state index contributed by atoms with van der Waals surface area (Å²) in [6.07, 6.45) is -0.179. The molecule has 140 valence electrons. The van der Waals surface area contributed by atoms with Crippen LogP contribution in [0.5, 0.6) is 0 Å². The minimum Gasteiger partial charge on any atom is -0.302 e. The largest absolute Gasteiger partial charge is 0.302 e. The zero-order valence-corrected chi connectivity index (χ0v) is 15.1. The van der Waals surface area contributed by atoms with Crippen molar-refractivity contribution in [2.45, 2.75) is 32.7 Å². The molecule has 1 N–H and O–H groups in total. The molecule has 27 heavy (non-hydrogen) atoms. The molecular weight excluding hydrogens is 350 g/mol. The highest BCUT2D eigenvalue weighted by Crippen LogP contribution is 2.24. The molecule has 0 amide bonds. The number of H-pyrrole nitrogens is 1. The summed E-state index contributed by atoms with van der Waals surface area (Å²) in [6, 6.07) is 5.28. The first kappa shape index (κ1) is 17.7. The van der Waals surface area contributed by atoms with Gasteiger partial charge in [-0.3, -0.25) is 14.8 Å². The number of hydrogen-bond donors (Lipinski definition) is 1. The lowest BCUT2D eigenvalue weighted by molar-refractivity contribution is 0.127. The number of hydrogen-bond acceptors (Lipinski definition) is 3. The van der Waals surface area contributed by atoms with Gasteiger partial charge in [-0.15, -0.1) is 0 Å². The molecule has 1 aliphatic rings. The van der Waals surface area contributed by atoms with Gasteiger partial charge in [0, 0.05) is 16.6 Å². The molecule has 0 atom stereocenters. The molecule has 0 unspecified atom stereocenters. The Morgan fingerprint density at radius 1 is 1.30 bits per heavy atom. The zero-order chi connectivity index (χ0) is 19.0. The third-order valence-electron chi connectivity index (χ3n) is 5.00. The number of alkyl halides is 2. The lowest BCUT2D eigenvalue weighted by atomic mass is 10.1. The fraction of sp³-hybridized carbons (Fsp3) is 0.400. The molecule has 1 fully saturated rings. The normalized spacial score (nSPS) is 15.0. The molecule has 2 aromatic heterocycles. The van der Waals surface area contributed by atoms with E-state index in [1.807, 2.05) is 6.07 Å². The van der Waals surface area contributed by atoms with Crippen LogP contribution in [0.15, 0.2) is 23.0 Å². The van der Waals surface area contributed by atoms with Gasteiger partial charge < -0.3 is 4.57 Å². The number of benzene rings is 1. The standard InChI is InChI=1S/C20H20F2N4O/c1-13-18-19(24-23-13)15-11-14(5-4-10-25-8-2-3-9-25)6-7-16(15)26(20(18)27)12-17(21)22/h6-7,11,17H,2-3,8-10,12H2,1H3,(H,23,24). The van der Waals surface area contributed by atoms with E-state index in [-0.39, 0.29) is 0 Å². The molecule has 1 saturated heterocycles. The van der Waals surface area contributed by atoms with Crippen LogP contribution in [0.3, 0.4) is 0 Å². The fourth-order valence-corrected chi connectivity index (χ4v) is 3.68. The molecule has 7 heteroatoms. The van der Waals surface area contributed by atoms with E-state index in [1.54, 1.807) is 19.1 Å². The molecule has 0 saturated carbocycles. The molecule has 3 aromatic rings. The minimum absolute atomic E-state index is 0.352. The molecule has 0 aliphatic carbocycles. The molecule has 1 aliphatic heterocycles. The number of halogens is 2. The van der Waals surface area contributed by atoms with E-state index in [2.05, 4.69) is 26.9 Å². The van der Waals surface area contributed by atoms with Crippen molar-refractivity contribution in [3.63, 3.8) is 0 Å². The van der Waals surface area contributed by atoms with Crippen molar-refractivity contribution in [1.29, 1.82) is 0 Å². The van der Waals surface area contributed by atoms with Crippen LogP contribution in [0, 0.1) is 18.8 Å². The lowest BCUT2D eigenvalue weighted by Crippen LogP contribution is -2.24. The van der Waals surface area contributed by atoms with Gasteiger partial charge >= 0.3 is 0 Å². The smallest absolute Gasteiger partial charge is 0.262 e. The van der Waals surface area contributed by atoms with Crippen LogP contribution in [0.1, 0.15) is 24.1 Å². The Hall–Kier alpha value is -2.72. The maximum absolute atomic E-state index is 13.0. The van der Waals surface area contributed by atoms with E-state index in [4.69, 9.17) is 0 Å². The topological polar surface area (TPSA) is 53.9 Å². The van der Waals surface area contributed by atoms with Gasteiger partial charge in [-0.2, -0.15) is 5.10 Å². The van der Waals surface area contributed by atoms with Gasteiger partial charge in [0.05, 0.1) is 24.0 Å². The Balaban J connectivity index is 1.82. The Morgan fingerprint density at radius 2 is 2.07 bits per heavy atom. The number of nitrogens with one attached hydrogen (secondary N) is 1. The number of aromatic amines is 1. The van der Waals surface area contributed by atoms with Crippen molar-refractivity contribution in [2.75, 3.05) is 19.6 Å². The first-order chi connectivity index (χ1) is 13.0. The summed E-state index contributed by atoms with van der Waals surface area (Å²) in [5.74, 6) is 6.32. The maximum Gasteiger partial charge on any atom is 0.262 e. The van der Waals surface area contributed by atoms with Crippen molar-refractivity contribution >= 4 is 21.8 Å². The number of nitrogens with zero attached hydrogens (tertiary/aromatic N) is 3. The second kappa shape index (κ2) is 7.12. The number of rotatable bonds is 3. The summed E-state index contributed by atoms with van der Waals surface area (Å²) >= 11 is 0. The van der Waals surface area contributed by atoms with Gasteiger partial charge in [-0.25, -0.2) is 8.78 Å². The predicted octanol–water partition coefficient (Wildman–Crippen LogP) is 2.90. The van der Waals surface area contributed by atoms with Gasteiger partial charge in [-0.1, -0.05) is 11.8 Å². The van der Waals surface area contributed by atoms with E-state index in [0.29, 0.717) is 27.5 Å². The lowest BCUT2D eigenvalue weighted by Gasteiger charge is -2.11. The molecule has 0 spiro atoms. The van der Waals surface area contributed by atoms with Crippen LogP contribution in [0.2, 0.25) is 0 Å². The number of aryl methyl sites for hydroxylation is 1. The van der Waals surface area contributed by atoms with Crippen molar-refractivity contribution in [3.8, 4) is 11.8 Å². The summed E-state index contributed by atoms with van der Waals surface area (Å²) in [5, 5.41) is 8.03. The van der Waals surface area contributed by atoms with Crippen LogP contribution in [-0.4, -0.2) is 45.7 Å². The molecule has 1 aromatic carbocycles. The Bertz CT molecular complexity index is 1110. The van der Waals surface area contributed by atoms with Crippen LogP contribution >= 0.6 is 0 Å². The van der Waals surface area contributed by atoms with E-state index in [0.717, 1.165) is 29.8 Å². The minimum atomic E-state index is -2.62. The van der Waals surface area contributed by atoms with Crippen molar-refractivity contribution in [3.05, 3.63) is 39.8 Å². The summed E-state index contributed by atoms with van der Waals surface area (Å²) in [5.41, 5.74) is 1.86. The molecule has 0 bridgehead atoms. The predicted molar refractivity (Wildman–Crippen MR) is 101 cm³/mol. The highest BCUT2D eigenvalue weighted by molar-refractivity contribution is 6.04. The van der Waals surface area contributed by atoms with E-state index >= 15 is 0 Å².